The van der Waals surface area contributed by atoms with Crippen molar-refractivity contribution in [3.8, 4) is 0 Å². The lowest BCUT2D eigenvalue weighted by atomic mass is 9.48. The second kappa shape index (κ2) is 2.84. The molecule has 1 nitrogen and oxygen atoms in total. The SMILES string of the molecule is C[C@H](O)CC1=CCC2CC1C2(C)C. The van der Waals surface area contributed by atoms with Gasteiger partial charge < -0.3 is 5.11 Å². The molecule has 0 aromatic heterocycles. The third kappa shape index (κ3) is 1.34. The lowest BCUT2D eigenvalue weighted by molar-refractivity contribution is -0.0116. The fraction of sp³-hybridized carbons (Fsp3) is 0.833. The number of fused-ring (bicyclic) bond motifs is 1. The van der Waals surface area contributed by atoms with E-state index in [1.54, 1.807) is 0 Å². The lowest BCUT2D eigenvalue weighted by Crippen LogP contribution is -2.48. The van der Waals surface area contributed by atoms with E-state index in [2.05, 4.69) is 19.9 Å². The lowest BCUT2D eigenvalue weighted by Gasteiger charge is -2.56. The molecule has 13 heavy (non-hydrogen) atoms. The Hall–Kier alpha value is -0.300. The highest BCUT2D eigenvalue weighted by Gasteiger charge is 2.50. The minimum absolute atomic E-state index is 0.167. The molecule has 74 valence electrons. The molecular formula is C12H20O. The molecule has 0 saturated heterocycles. The molecule has 1 fully saturated rings. The van der Waals surface area contributed by atoms with Crippen LogP contribution in [0.15, 0.2) is 11.6 Å². The highest BCUT2D eigenvalue weighted by atomic mass is 16.3. The normalized spacial score (nSPS) is 37.7. The Bertz CT molecular complexity index is 238. The molecule has 0 aliphatic heterocycles. The second-order valence-electron chi connectivity index (χ2n) is 5.37. The van der Waals surface area contributed by atoms with Gasteiger partial charge in [0.05, 0.1) is 6.10 Å². The maximum Gasteiger partial charge on any atom is 0.0549 e. The van der Waals surface area contributed by atoms with Gasteiger partial charge in [-0.1, -0.05) is 25.5 Å². The third-order valence-corrected chi connectivity index (χ3v) is 4.11. The fourth-order valence-electron chi connectivity index (χ4n) is 3.05. The van der Waals surface area contributed by atoms with Crippen LogP contribution in [0.1, 0.15) is 40.0 Å². The van der Waals surface area contributed by atoms with Crippen LogP contribution in [0.3, 0.4) is 0 Å². The number of hydrogen-bond donors (Lipinski definition) is 1. The zero-order chi connectivity index (χ0) is 9.64. The van der Waals surface area contributed by atoms with Gasteiger partial charge in [0, 0.05) is 0 Å². The fourth-order valence-corrected chi connectivity index (χ4v) is 3.05. The van der Waals surface area contributed by atoms with Crippen molar-refractivity contribution in [1.29, 1.82) is 0 Å². The van der Waals surface area contributed by atoms with Crippen LogP contribution in [-0.2, 0) is 0 Å². The molecule has 0 aromatic rings. The van der Waals surface area contributed by atoms with Gasteiger partial charge in [-0.15, -0.1) is 0 Å². The molecule has 1 saturated carbocycles. The van der Waals surface area contributed by atoms with E-state index < -0.39 is 0 Å². The average Bonchev–Trinajstić information content (AvgIpc) is 2.03. The average molecular weight is 180 g/mol. The van der Waals surface area contributed by atoms with Crippen molar-refractivity contribution < 1.29 is 5.11 Å². The molecule has 2 bridgehead atoms. The van der Waals surface area contributed by atoms with Crippen LogP contribution in [0, 0.1) is 17.3 Å². The van der Waals surface area contributed by atoms with Gasteiger partial charge in [-0.05, 0) is 43.4 Å². The quantitative estimate of drug-likeness (QED) is 0.648. The summed E-state index contributed by atoms with van der Waals surface area (Å²) in [6.07, 6.45) is 5.70. The van der Waals surface area contributed by atoms with Gasteiger partial charge in [-0.3, -0.25) is 0 Å². The van der Waals surface area contributed by atoms with Crippen molar-refractivity contribution in [2.24, 2.45) is 17.3 Å². The number of hydrogen-bond acceptors (Lipinski definition) is 1. The minimum atomic E-state index is -0.167. The zero-order valence-corrected chi connectivity index (χ0v) is 8.88. The first-order valence-electron chi connectivity index (χ1n) is 5.39. The zero-order valence-electron chi connectivity index (χ0n) is 8.88. The molecule has 3 atom stereocenters. The Balaban J connectivity index is 2.10. The van der Waals surface area contributed by atoms with E-state index in [1.165, 1.54) is 18.4 Å². The topological polar surface area (TPSA) is 20.2 Å². The predicted molar refractivity (Wildman–Crippen MR) is 54.4 cm³/mol. The number of rotatable bonds is 2. The van der Waals surface area contributed by atoms with Crippen LogP contribution in [0.4, 0.5) is 0 Å². The van der Waals surface area contributed by atoms with E-state index >= 15 is 0 Å². The van der Waals surface area contributed by atoms with E-state index in [0.29, 0.717) is 5.41 Å². The second-order valence-corrected chi connectivity index (χ2v) is 5.37. The number of allylic oxidation sites excluding steroid dienone is 1. The molecule has 0 heterocycles. The van der Waals surface area contributed by atoms with Gasteiger partial charge in [0.2, 0.25) is 0 Å². The third-order valence-electron chi connectivity index (χ3n) is 4.11. The highest BCUT2D eigenvalue weighted by Crippen LogP contribution is 2.59. The molecule has 3 rings (SSSR count). The summed E-state index contributed by atoms with van der Waals surface area (Å²) in [7, 11) is 0. The highest BCUT2D eigenvalue weighted by molar-refractivity contribution is 5.23. The molecule has 1 heteroatoms. The summed E-state index contributed by atoms with van der Waals surface area (Å²) in [6, 6.07) is 0. The van der Waals surface area contributed by atoms with Gasteiger partial charge >= 0.3 is 0 Å². The van der Waals surface area contributed by atoms with Crippen molar-refractivity contribution in [1.82, 2.24) is 0 Å². The van der Waals surface area contributed by atoms with Crippen molar-refractivity contribution in [2.45, 2.75) is 46.1 Å². The Morgan fingerprint density at radius 3 is 2.77 bits per heavy atom. The van der Waals surface area contributed by atoms with Gasteiger partial charge in [0.15, 0.2) is 0 Å². The van der Waals surface area contributed by atoms with Gasteiger partial charge in [0.1, 0.15) is 0 Å². The summed E-state index contributed by atoms with van der Waals surface area (Å²) in [6.45, 7) is 6.64. The molecule has 2 unspecified atom stereocenters. The Morgan fingerprint density at radius 1 is 1.62 bits per heavy atom. The molecule has 3 aliphatic rings. The van der Waals surface area contributed by atoms with Crippen LogP contribution in [0.2, 0.25) is 0 Å². The molecule has 0 radical (unpaired) electrons. The van der Waals surface area contributed by atoms with Gasteiger partial charge in [0.25, 0.3) is 0 Å². The smallest absolute Gasteiger partial charge is 0.0549 e. The largest absolute Gasteiger partial charge is 0.393 e. The Labute approximate surface area is 80.8 Å². The van der Waals surface area contributed by atoms with Crippen LogP contribution >= 0.6 is 0 Å². The van der Waals surface area contributed by atoms with Crippen molar-refractivity contribution in [2.75, 3.05) is 0 Å². The summed E-state index contributed by atoms with van der Waals surface area (Å²) in [5.41, 5.74) is 2.03. The van der Waals surface area contributed by atoms with Gasteiger partial charge in [-0.25, -0.2) is 0 Å². The molecule has 0 spiro atoms. The van der Waals surface area contributed by atoms with E-state index in [-0.39, 0.29) is 6.10 Å². The number of aliphatic hydroxyl groups excluding tert-OH is 1. The minimum Gasteiger partial charge on any atom is -0.393 e. The predicted octanol–water partition coefficient (Wildman–Crippen LogP) is 2.75. The summed E-state index contributed by atoms with van der Waals surface area (Å²) in [4.78, 5) is 0. The molecule has 3 aliphatic carbocycles. The van der Waals surface area contributed by atoms with Crippen LogP contribution < -0.4 is 0 Å². The summed E-state index contributed by atoms with van der Waals surface area (Å²) in [5.74, 6) is 1.68. The van der Waals surface area contributed by atoms with Crippen LogP contribution in [0.25, 0.3) is 0 Å². The first-order chi connectivity index (χ1) is 6.01. The molecule has 0 aromatic carbocycles. The summed E-state index contributed by atoms with van der Waals surface area (Å²) < 4.78 is 0. The van der Waals surface area contributed by atoms with E-state index in [0.717, 1.165) is 18.3 Å². The van der Waals surface area contributed by atoms with Crippen molar-refractivity contribution >= 4 is 0 Å². The summed E-state index contributed by atoms with van der Waals surface area (Å²) >= 11 is 0. The van der Waals surface area contributed by atoms with Gasteiger partial charge in [-0.2, -0.15) is 0 Å². The van der Waals surface area contributed by atoms with Crippen molar-refractivity contribution in [3.05, 3.63) is 11.6 Å². The maximum absolute atomic E-state index is 9.37. The molecule has 1 N–H and O–H groups in total. The number of aliphatic hydroxyl groups is 1. The first kappa shape index (κ1) is 9.26. The monoisotopic (exact) mass is 180 g/mol. The maximum atomic E-state index is 9.37. The summed E-state index contributed by atoms with van der Waals surface area (Å²) in [5, 5.41) is 9.37. The Morgan fingerprint density at radius 2 is 2.31 bits per heavy atom. The Kier molecular flexibility index (Phi) is 2.03. The van der Waals surface area contributed by atoms with Crippen LogP contribution in [-0.4, -0.2) is 11.2 Å². The van der Waals surface area contributed by atoms with E-state index in [1.807, 2.05) is 6.92 Å². The standard InChI is InChI=1S/C12H20O/c1-8(13)6-9-4-5-10-7-11(9)12(10,2)3/h4,8,10-11,13H,5-7H2,1-3H3/t8-,10?,11?/m0/s1. The van der Waals surface area contributed by atoms with E-state index in [4.69, 9.17) is 0 Å². The van der Waals surface area contributed by atoms with E-state index in [9.17, 15) is 5.11 Å². The first-order valence-corrected chi connectivity index (χ1v) is 5.39. The molecule has 0 amide bonds. The molecular weight excluding hydrogens is 160 g/mol. The van der Waals surface area contributed by atoms with Crippen LogP contribution in [0.5, 0.6) is 0 Å². The van der Waals surface area contributed by atoms with Crippen molar-refractivity contribution in [3.63, 3.8) is 0 Å².